The van der Waals surface area contributed by atoms with E-state index in [0.717, 1.165) is 39.2 Å². The fraction of sp³-hybridized carbons (Fsp3) is 0.304. The van der Waals surface area contributed by atoms with Crippen molar-refractivity contribution in [3.8, 4) is 0 Å². The summed E-state index contributed by atoms with van der Waals surface area (Å²) in [5, 5.41) is 6.46. The number of hydrazone groups is 1. The second-order valence-corrected chi connectivity index (χ2v) is 11.9. The van der Waals surface area contributed by atoms with Gasteiger partial charge in [-0.25, -0.2) is 5.43 Å². The highest BCUT2D eigenvalue weighted by Crippen LogP contribution is 2.45. The highest BCUT2D eigenvalue weighted by molar-refractivity contribution is 8.21. The van der Waals surface area contributed by atoms with Gasteiger partial charge in [-0.1, -0.05) is 47.5 Å². The van der Waals surface area contributed by atoms with Crippen molar-refractivity contribution in [2.45, 2.75) is 30.9 Å². The summed E-state index contributed by atoms with van der Waals surface area (Å²) in [6.07, 6.45) is 2.20. The van der Waals surface area contributed by atoms with Crippen LogP contribution in [0.2, 0.25) is 10.0 Å². The summed E-state index contributed by atoms with van der Waals surface area (Å²) >= 11 is 16.0. The summed E-state index contributed by atoms with van der Waals surface area (Å²) < 4.78 is 2.18. The maximum absolute atomic E-state index is 12.4. The number of para-hydroxylation sites is 1. The summed E-state index contributed by atoms with van der Waals surface area (Å²) in [7, 11) is 0. The van der Waals surface area contributed by atoms with Crippen LogP contribution in [0.3, 0.4) is 0 Å². The lowest BCUT2D eigenvalue weighted by atomic mass is 10.1. The smallest absolute Gasteiger partial charge is 0.242 e. The zero-order valence-corrected chi connectivity index (χ0v) is 20.5. The van der Waals surface area contributed by atoms with Crippen LogP contribution in [0.25, 0.3) is 10.9 Å². The predicted octanol–water partition coefficient (Wildman–Crippen LogP) is 6.34. The normalized spacial score (nSPS) is 15.7. The first-order valence-corrected chi connectivity index (χ1v) is 12.7. The number of carbonyl (C=O) groups excluding carboxylic acids is 1. The van der Waals surface area contributed by atoms with Crippen LogP contribution < -0.4 is 5.43 Å². The highest BCUT2D eigenvalue weighted by atomic mass is 35.5. The third-order valence-electron chi connectivity index (χ3n) is 5.37. The molecule has 4 rings (SSSR count). The zero-order chi connectivity index (χ0) is 22.0. The van der Waals surface area contributed by atoms with Gasteiger partial charge >= 0.3 is 0 Å². The Hall–Kier alpha value is -1.60. The van der Waals surface area contributed by atoms with Crippen molar-refractivity contribution in [1.29, 1.82) is 0 Å². The Balaban J connectivity index is 1.56. The quantitative estimate of drug-likeness (QED) is 0.323. The Labute approximate surface area is 200 Å². The molecule has 0 spiro atoms. The number of nitrogens with zero attached hydrogens (tertiary/aromatic N) is 2. The van der Waals surface area contributed by atoms with Crippen LogP contribution in [0.4, 0.5) is 0 Å². The number of halogens is 2. The molecular formula is C23H23Cl2N3OS2. The number of nitrogens with one attached hydrogen (secondary N) is 1. The molecule has 31 heavy (non-hydrogen) atoms. The molecule has 2 heterocycles. The molecule has 1 aliphatic rings. The molecule has 1 aliphatic heterocycles. The Kier molecular flexibility index (Phi) is 6.92. The van der Waals surface area contributed by atoms with Crippen molar-refractivity contribution in [3.63, 3.8) is 0 Å². The number of thioether (sulfide) groups is 2. The van der Waals surface area contributed by atoms with Gasteiger partial charge in [-0.2, -0.15) is 5.10 Å². The first kappa shape index (κ1) is 22.6. The zero-order valence-electron chi connectivity index (χ0n) is 17.3. The van der Waals surface area contributed by atoms with Crippen LogP contribution in [0.15, 0.2) is 47.6 Å². The largest absolute Gasteiger partial charge is 0.340 e. The van der Waals surface area contributed by atoms with Crippen LogP contribution in [-0.2, 0) is 11.3 Å². The van der Waals surface area contributed by atoms with E-state index in [-0.39, 0.29) is 9.99 Å². The Morgan fingerprint density at radius 2 is 1.94 bits per heavy atom. The minimum absolute atomic E-state index is 0.0502. The lowest BCUT2D eigenvalue weighted by Crippen LogP contribution is -2.26. The van der Waals surface area contributed by atoms with Crippen molar-refractivity contribution in [2.24, 2.45) is 5.10 Å². The van der Waals surface area contributed by atoms with Crippen LogP contribution in [0.1, 0.15) is 30.2 Å². The Morgan fingerprint density at radius 1 is 1.19 bits per heavy atom. The molecule has 1 fully saturated rings. The van der Waals surface area contributed by atoms with Gasteiger partial charge < -0.3 is 4.57 Å². The highest BCUT2D eigenvalue weighted by Gasteiger charge is 2.32. The molecule has 8 heteroatoms. The lowest BCUT2D eigenvalue weighted by molar-refractivity contribution is -0.121. The first-order valence-electron chi connectivity index (χ1n) is 9.98. The number of hydrogen-bond donors (Lipinski definition) is 1. The average molecular weight is 492 g/mol. The summed E-state index contributed by atoms with van der Waals surface area (Å²) in [6, 6.07) is 13.9. The third kappa shape index (κ3) is 5.08. The van der Waals surface area contributed by atoms with Crippen LogP contribution in [-0.4, -0.2) is 32.3 Å². The number of hydrogen-bond acceptors (Lipinski definition) is 4. The van der Waals surface area contributed by atoms with Crippen molar-refractivity contribution in [3.05, 3.63) is 69.3 Å². The first-order chi connectivity index (χ1) is 14.9. The number of carbonyl (C=O) groups is 1. The van der Waals surface area contributed by atoms with Gasteiger partial charge in [-0.15, -0.1) is 23.5 Å². The number of benzene rings is 2. The van der Waals surface area contributed by atoms with E-state index in [1.807, 2.05) is 53.9 Å². The number of fused-ring (bicyclic) bond motifs is 1. The van der Waals surface area contributed by atoms with E-state index >= 15 is 0 Å². The second-order valence-electron chi connectivity index (χ2n) is 7.65. The van der Waals surface area contributed by atoms with Gasteiger partial charge in [0.2, 0.25) is 5.91 Å². The molecule has 1 N–H and O–H groups in total. The number of amides is 1. The topological polar surface area (TPSA) is 46.4 Å². The van der Waals surface area contributed by atoms with Crippen LogP contribution >= 0.6 is 46.7 Å². The van der Waals surface area contributed by atoms with Gasteiger partial charge in [0, 0.05) is 40.2 Å². The fourth-order valence-electron chi connectivity index (χ4n) is 3.80. The summed E-state index contributed by atoms with van der Waals surface area (Å²) in [5.41, 5.74) is 6.94. The molecule has 4 nitrogen and oxygen atoms in total. The van der Waals surface area contributed by atoms with Crippen LogP contribution in [0.5, 0.6) is 0 Å². The number of aromatic nitrogens is 1. The number of rotatable bonds is 6. The standard InChI is InChI=1S/C23H23Cl2N3OS2/c1-15-18(13-26-27-22(29)12-23(2)30-9-10-31-23)17-5-3-4-6-21(17)28(15)14-16-7-8-19(24)20(25)11-16/h3-8,11,13H,9-10,12,14H2,1-2H3,(H,27,29)/b26-13-. The molecular weight excluding hydrogens is 469 g/mol. The van der Waals surface area contributed by atoms with E-state index in [1.54, 1.807) is 6.21 Å². The van der Waals surface area contributed by atoms with Crippen molar-refractivity contribution >= 4 is 69.8 Å². The third-order valence-corrected chi connectivity index (χ3v) is 9.40. The van der Waals surface area contributed by atoms with E-state index in [1.165, 1.54) is 0 Å². The van der Waals surface area contributed by atoms with Gasteiger partial charge in [0.25, 0.3) is 0 Å². The molecule has 1 amide bonds. The minimum atomic E-state index is -0.0575. The molecule has 1 aromatic heterocycles. The van der Waals surface area contributed by atoms with Gasteiger partial charge in [0.1, 0.15) is 0 Å². The molecule has 0 radical (unpaired) electrons. The van der Waals surface area contributed by atoms with Gasteiger partial charge in [-0.05, 0) is 37.6 Å². The van der Waals surface area contributed by atoms with E-state index in [4.69, 9.17) is 23.2 Å². The monoisotopic (exact) mass is 491 g/mol. The Morgan fingerprint density at radius 3 is 2.68 bits per heavy atom. The maximum Gasteiger partial charge on any atom is 0.242 e. The lowest BCUT2D eigenvalue weighted by Gasteiger charge is -2.19. The molecule has 2 aromatic carbocycles. The van der Waals surface area contributed by atoms with E-state index in [2.05, 4.69) is 41.1 Å². The Bertz CT molecular complexity index is 1150. The molecule has 0 unspecified atom stereocenters. The molecule has 3 aromatic rings. The maximum atomic E-state index is 12.4. The molecule has 0 aliphatic carbocycles. The van der Waals surface area contributed by atoms with E-state index in [0.29, 0.717) is 23.0 Å². The van der Waals surface area contributed by atoms with Crippen molar-refractivity contribution in [1.82, 2.24) is 9.99 Å². The van der Waals surface area contributed by atoms with Gasteiger partial charge in [0.05, 0.1) is 26.8 Å². The van der Waals surface area contributed by atoms with Gasteiger partial charge in [0.15, 0.2) is 0 Å². The molecule has 0 atom stereocenters. The average Bonchev–Trinajstić information content (AvgIpc) is 3.27. The molecule has 0 saturated carbocycles. The SMILES string of the molecule is Cc1c(/C=N\NC(=O)CC2(C)SCCS2)c2ccccc2n1Cc1ccc(Cl)c(Cl)c1. The summed E-state index contributed by atoms with van der Waals surface area (Å²) in [4.78, 5) is 12.4. The minimum Gasteiger partial charge on any atom is -0.340 e. The van der Waals surface area contributed by atoms with E-state index in [9.17, 15) is 4.79 Å². The molecule has 162 valence electrons. The second kappa shape index (κ2) is 9.49. The van der Waals surface area contributed by atoms with Crippen molar-refractivity contribution < 1.29 is 4.79 Å². The van der Waals surface area contributed by atoms with Gasteiger partial charge in [-0.3, -0.25) is 4.79 Å². The van der Waals surface area contributed by atoms with Crippen molar-refractivity contribution in [2.75, 3.05) is 11.5 Å². The fourth-order valence-corrected chi connectivity index (χ4v) is 6.95. The molecule has 1 saturated heterocycles. The summed E-state index contributed by atoms with van der Waals surface area (Å²) in [6.45, 7) is 4.85. The van der Waals surface area contributed by atoms with Crippen LogP contribution in [0, 0.1) is 6.92 Å². The molecule has 0 bridgehead atoms. The summed E-state index contributed by atoms with van der Waals surface area (Å²) in [5.74, 6) is 2.13. The predicted molar refractivity (Wildman–Crippen MR) is 136 cm³/mol. The van der Waals surface area contributed by atoms with E-state index < -0.39 is 0 Å².